The summed E-state index contributed by atoms with van der Waals surface area (Å²) in [5.74, 6) is -0.0816. The molecule has 1 N–H and O–H groups in total. The second kappa shape index (κ2) is 7.56. The highest BCUT2D eigenvalue weighted by molar-refractivity contribution is 7.17. The first-order valence-corrected chi connectivity index (χ1v) is 10.1. The van der Waals surface area contributed by atoms with Crippen LogP contribution in [-0.4, -0.2) is 20.4 Å². The minimum atomic E-state index is -0.0816. The first-order chi connectivity index (χ1) is 13.6. The molecule has 0 bridgehead atoms. The fraction of sp³-hybridized carbons (Fsp3) is 0.227. The molecule has 3 aromatic heterocycles. The third-order valence-electron chi connectivity index (χ3n) is 4.91. The van der Waals surface area contributed by atoms with E-state index in [1.165, 1.54) is 16.9 Å². The molecular weight excluding hydrogens is 368 g/mol. The van der Waals surface area contributed by atoms with Crippen molar-refractivity contribution in [3.8, 4) is 10.6 Å². The van der Waals surface area contributed by atoms with Gasteiger partial charge in [0.15, 0.2) is 0 Å². The molecule has 0 atom stereocenters. The molecule has 0 radical (unpaired) electrons. The lowest BCUT2D eigenvalue weighted by atomic mass is 10.1. The molecule has 4 aromatic rings. The Balaban J connectivity index is 1.62. The Bertz CT molecular complexity index is 1160. The highest BCUT2D eigenvalue weighted by Gasteiger charge is 2.19. The van der Waals surface area contributed by atoms with Gasteiger partial charge >= 0.3 is 0 Å². The Hall–Kier alpha value is -2.99. The van der Waals surface area contributed by atoms with Crippen LogP contribution in [0.3, 0.4) is 0 Å². The maximum Gasteiger partial charge on any atom is 0.263 e. The molecule has 4 rings (SSSR count). The third-order valence-corrected chi connectivity index (χ3v) is 6.10. The molecule has 1 amide bonds. The first kappa shape index (κ1) is 18.4. The van der Waals surface area contributed by atoms with Crippen LogP contribution in [0, 0.1) is 13.8 Å². The Morgan fingerprint density at radius 2 is 2.00 bits per heavy atom. The van der Waals surface area contributed by atoms with Gasteiger partial charge in [-0.2, -0.15) is 0 Å². The minimum Gasteiger partial charge on any atom is -0.347 e. The van der Waals surface area contributed by atoms with Crippen LogP contribution in [0.25, 0.3) is 21.6 Å². The average molecular weight is 391 g/mol. The number of rotatable bonds is 5. The predicted octanol–water partition coefficient (Wildman–Crippen LogP) is 4.73. The van der Waals surface area contributed by atoms with Gasteiger partial charge in [-0.3, -0.25) is 4.79 Å². The number of pyridine rings is 1. The van der Waals surface area contributed by atoms with Crippen LogP contribution in [0.2, 0.25) is 0 Å². The molecule has 0 fully saturated rings. The van der Waals surface area contributed by atoms with Gasteiger partial charge in [0, 0.05) is 36.4 Å². The predicted molar refractivity (Wildman–Crippen MR) is 114 cm³/mol. The normalized spacial score (nSPS) is 11.1. The number of hydrogen-bond donors (Lipinski definition) is 1. The van der Waals surface area contributed by atoms with Crippen LogP contribution in [0.15, 0.2) is 48.8 Å². The van der Waals surface area contributed by atoms with Crippen molar-refractivity contribution in [1.29, 1.82) is 0 Å². The molecule has 0 aliphatic carbocycles. The first-order valence-electron chi connectivity index (χ1n) is 9.33. The lowest BCUT2D eigenvalue weighted by Crippen LogP contribution is -2.22. The number of carbonyl (C=O) groups excluding carboxylic acids is 1. The number of benzene rings is 1. The summed E-state index contributed by atoms with van der Waals surface area (Å²) in [6.07, 6.45) is 3.88. The number of amides is 1. The van der Waals surface area contributed by atoms with Crippen molar-refractivity contribution in [2.24, 2.45) is 0 Å². The number of carbonyl (C=O) groups is 1. The number of aryl methyl sites for hydroxylation is 3. The number of thiazole rings is 1. The van der Waals surface area contributed by atoms with E-state index in [0.29, 0.717) is 11.4 Å². The Morgan fingerprint density at radius 1 is 1.18 bits per heavy atom. The maximum atomic E-state index is 12.8. The van der Waals surface area contributed by atoms with E-state index in [1.807, 2.05) is 31.2 Å². The van der Waals surface area contributed by atoms with Gasteiger partial charge in [-0.05, 0) is 44.0 Å². The van der Waals surface area contributed by atoms with E-state index >= 15 is 0 Å². The Labute approximate surface area is 168 Å². The molecule has 0 unspecified atom stereocenters. The molecule has 0 spiro atoms. The van der Waals surface area contributed by atoms with E-state index in [2.05, 4.69) is 52.0 Å². The quantitative estimate of drug-likeness (QED) is 0.536. The molecule has 5 nitrogen and oxygen atoms in total. The van der Waals surface area contributed by atoms with E-state index in [4.69, 9.17) is 0 Å². The van der Waals surface area contributed by atoms with Crippen LogP contribution < -0.4 is 5.32 Å². The van der Waals surface area contributed by atoms with E-state index in [0.717, 1.165) is 39.4 Å². The highest BCUT2D eigenvalue weighted by Crippen LogP contribution is 2.34. The van der Waals surface area contributed by atoms with Crippen LogP contribution in [0.4, 0.5) is 0 Å². The molecule has 0 saturated carbocycles. The van der Waals surface area contributed by atoms with Gasteiger partial charge in [0.2, 0.25) is 0 Å². The Kier molecular flexibility index (Phi) is 4.96. The van der Waals surface area contributed by atoms with Gasteiger partial charge in [0.25, 0.3) is 5.91 Å². The molecule has 0 aliphatic heterocycles. The monoisotopic (exact) mass is 390 g/mol. The summed E-state index contributed by atoms with van der Waals surface area (Å²) in [5.41, 5.74) is 5.01. The Morgan fingerprint density at radius 3 is 2.79 bits per heavy atom. The highest BCUT2D eigenvalue weighted by atomic mass is 32.1. The zero-order valence-corrected chi connectivity index (χ0v) is 17.0. The largest absolute Gasteiger partial charge is 0.347 e. The summed E-state index contributed by atoms with van der Waals surface area (Å²) in [6, 6.07) is 12.1. The van der Waals surface area contributed by atoms with Crippen molar-refractivity contribution in [2.45, 2.75) is 33.9 Å². The van der Waals surface area contributed by atoms with Crippen molar-refractivity contribution in [3.05, 3.63) is 70.5 Å². The third kappa shape index (κ3) is 3.31. The van der Waals surface area contributed by atoms with Gasteiger partial charge in [-0.15, -0.1) is 11.3 Å². The van der Waals surface area contributed by atoms with Crippen LogP contribution in [0.5, 0.6) is 0 Å². The molecule has 1 aromatic carbocycles. The van der Waals surface area contributed by atoms with Crippen LogP contribution >= 0.6 is 11.3 Å². The summed E-state index contributed by atoms with van der Waals surface area (Å²) in [5, 5.41) is 4.94. The summed E-state index contributed by atoms with van der Waals surface area (Å²) in [6.45, 7) is 7.38. The number of aromatic nitrogens is 3. The van der Waals surface area contributed by atoms with Gasteiger partial charge in [0.05, 0.1) is 5.69 Å². The molecule has 0 aliphatic rings. The van der Waals surface area contributed by atoms with Crippen molar-refractivity contribution < 1.29 is 4.79 Å². The maximum absolute atomic E-state index is 12.8. The number of nitrogens with one attached hydrogen (secondary N) is 1. The average Bonchev–Trinajstić information content (AvgIpc) is 3.27. The standard InChI is InChI=1S/C22H22N4OS/c1-4-26-13-18(17-10-7-11-23-20(17)26)22-25-15(3)19(28-22)21(27)24-12-16-9-6-5-8-14(16)2/h5-11,13H,4,12H2,1-3H3,(H,24,27). The topological polar surface area (TPSA) is 59.8 Å². The van der Waals surface area contributed by atoms with Crippen molar-refractivity contribution in [1.82, 2.24) is 19.9 Å². The summed E-state index contributed by atoms with van der Waals surface area (Å²) >= 11 is 1.43. The molecule has 3 heterocycles. The zero-order chi connectivity index (χ0) is 19.7. The summed E-state index contributed by atoms with van der Waals surface area (Å²) in [4.78, 5) is 22.6. The number of fused-ring (bicyclic) bond motifs is 1. The zero-order valence-electron chi connectivity index (χ0n) is 16.2. The second-order valence-electron chi connectivity index (χ2n) is 6.75. The molecule has 0 saturated heterocycles. The van der Waals surface area contributed by atoms with Crippen molar-refractivity contribution in [3.63, 3.8) is 0 Å². The fourth-order valence-electron chi connectivity index (χ4n) is 3.32. The SMILES string of the molecule is CCn1cc(-c2nc(C)c(C(=O)NCc3ccccc3C)s2)c2cccnc21. The smallest absolute Gasteiger partial charge is 0.263 e. The van der Waals surface area contributed by atoms with E-state index in [-0.39, 0.29) is 5.91 Å². The molecule has 142 valence electrons. The van der Waals surface area contributed by atoms with E-state index < -0.39 is 0 Å². The van der Waals surface area contributed by atoms with Gasteiger partial charge < -0.3 is 9.88 Å². The van der Waals surface area contributed by atoms with Crippen LogP contribution in [0.1, 0.15) is 33.4 Å². The van der Waals surface area contributed by atoms with Gasteiger partial charge in [-0.25, -0.2) is 9.97 Å². The van der Waals surface area contributed by atoms with Gasteiger partial charge in [0.1, 0.15) is 15.5 Å². The van der Waals surface area contributed by atoms with Gasteiger partial charge in [-0.1, -0.05) is 24.3 Å². The molecule has 6 heteroatoms. The summed E-state index contributed by atoms with van der Waals surface area (Å²) in [7, 11) is 0. The lowest BCUT2D eigenvalue weighted by molar-refractivity contribution is 0.0954. The van der Waals surface area contributed by atoms with E-state index in [9.17, 15) is 4.79 Å². The summed E-state index contributed by atoms with van der Waals surface area (Å²) < 4.78 is 2.11. The van der Waals surface area contributed by atoms with Crippen molar-refractivity contribution in [2.75, 3.05) is 0 Å². The fourth-order valence-corrected chi connectivity index (χ4v) is 4.33. The van der Waals surface area contributed by atoms with Crippen LogP contribution in [-0.2, 0) is 13.1 Å². The second-order valence-corrected chi connectivity index (χ2v) is 7.75. The number of hydrogen-bond acceptors (Lipinski definition) is 4. The van der Waals surface area contributed by atoms with Crippen molar-refractivity contribution >= 4 is 28.3 Å². The van der Waals surface area contributed by atoms with E-state index in [1.54, 1.807) is 6.20 Å². The molecule has 28 heavy (non-hydrogen) atoms. The molecular formula is C22H22N4OS. The lowest BCUT2D eigenvalue weighted by Gasteiger charge is -2.07. The minimum absolute atomic E-state index is 0.0816. The number of nitrogens with zero attached hydrogens (tertiary/aromatic N) is 3.